The molecular weight excluding hydrogens is 244 g/mol. The third-order valence-corrected chi connectivity index (χ3v) is 3.34. The molecule has 0 amide bonds. The summed E-state index contributed by atoms with van der Waals surface area (Å²) >= 11 is 0. The first-order valence-electron chi connectivity index (χ1n) is 6.15. The number of carbonyl (C=O) groups excluding carboxylic acids is 1. The fraction of sp³-hybridized carbons (Fsp3) is 0.267. The van der Waals surface area contributed by atoms with E-state index < -0.39 is 18.2 Å². The Morgan fingerprint density at radius 2 is 2.16 bits per heavy atom. The first-order valence-corrected chi connectivity index (χ1v) is 6.15. The van der Waals surface area contributed by atoms with E-state index >= 15 is 0 Å². The van der Waals surface area contributed by atoms with Gasteiger partial charge in [0, 0.05) is 5.39 Å². The van der Waals surface area contributed by atoms with Crippen LogP contribution in [0, 0.1) is 6.92 Å². The summed E-state index contributed by atoms with van der Waals surface area (Å²) in [4.78, 5) is 12.1. The van der Waals surface area contributed by atoms with E-state index in [1.807, 2.05) is 13.0 Å². The first-order chi connectivity index (χ1) is 9.06. The zero-order valence-electron chi connectivity index (χ0n) is 10.7. The second-order valence-electron chi connectivity index (χ2n) is 4.82. The molecule has 1 aliphatic heterocycles. The van der Waals surface area contributed by atoms with Crippen molar-refractivity contribution in [3.8, 4) is 0 Å². The highest BCUT2D eigenvalue weighted by atomic mass is 16.6. The maximum atomic E-state index is 12.1. The van der Waals surface area contributed by atoms with Crippen molar-refractivity contribution in [2.45, 2.75) is 26.1 Å². The van der Waals surface area contributed by atoms with Gasteiger partial charge in [-0.2, -0.15) is 0 Å². The Kier molecular flexibility index (Phi) is 2.68. The van der Waals surface area contributed by atoms with Crippen molar-refractivity contribution in [1.82, 2.24) is 0 Å². The van der Waals surface area contributed by atoms with Crippen molar-refractivity contribution in [3.63, 3.8) is 0 Å². The maximum absolute atomic E-state index is 12.1. The SMILES string of the molecule is Cc1coc2cc3c(cc12)C(=O)O[C@@H]([C@H](C)O)C=C3. The van der Waals surface area contributed by atoms with Gasteiger partial charge in [-0.3, -0.25) is 0 Å². The van der Waals surface area contributed by atoms with E-state index in [2.05, 4.69) is 0 Å². The van der Waals surface area contributed by atoms with Crippen LogP contribution in [-0.2, 0) is 4.74 Å². The number of cyclic esters (lactones) is 1. The Hall–Kier alpha value is -2.07. The van der Waals surface area contributed by atoms with Crippen molar-refractivity contribution < 1.29 is 19.1 Å². The third-order valence-electron chi connectivity index (χ3n) is 3.34. The molecule has 0 unspecified atom stereocenters. The zero-order valence-corrected chi connectivity index (χ0v) is 10.7. The molecule has 1 aliphatic rings. The molecule has 19 heavy (non-hydrogen) atoms. The van der Waals surface area contributed by atoms with Gasteiger partial charge in [-0.25, -0.2) is 4.79 Å². The molecule has 2 atom stereocenters. The number of aliphatic hydroxyl groups is 1. The molecular formula is C15H14O4. The monoisotopic (exact) mass is 258 g/mol. The predicted molar refractivity (Wildman–Crippen MR) is 70.9 cm³/mol. The molecule has 0 saturated heterocycles. The predicted octanol–water partition coefficient (Wildman–Crippen LogP) is 2.67. The van der Waals surface area contributed by atoms with Crippen molar-refractivity contribution in [3.05, 3.63) is 41.2 Å². The fourth-order valence-corrected chi connectivity index (χ4v) is 2.22. The summed E-state index contributed by atoms with van der Waals surface area (Å²) in [5.41, 5.74) is 2.96. The summed E-state index contributed by atoms with van der Waals surface area (Å²) in [5, 5.41) is 10.4. The largest absolute Gasteiger partial charge is 0.464 e. The van der Waals surface area contributed by atoms with Crippen molar-refractivity contribution >= 4 is 23.0 Å². The fourth-order valence-electron chi connectivity index (χ4n) is 2.22. The Morgan fingerprint density at radius 3 is 2.89 bits per heavy atom. The lowest BCUT2D eigenvalue weighted by atomic mass is 10.0. The Balaban J connectivity index is 2.15. The number of rotatable bonds is 1. The minimum Gasteiger partial charge on any atom is -0.464 e. The number of aliphatic hydroxyl groups excluding tert-OH is 1. The quantitative estimate of drug-likeness (QED) is 0.799. The number of carbonyl (C=O) groups is 1. The Morgan fingerprint density at radius 1 is 1.37 bits per heavy atom. The molecule has 1 aromatic carbocycles. The second-order valence-corrected chi connectivity index (χ2v) is 4.82. The number of hydrogen-bond donors (Lipinski definition) is 1. The topological polar surface area (TPSA) is 59.7 Å². The minimum atomic E-state index is -0.737. The minimum absolute atomic E-state index is 0.423. The molecule has 98 valence electrons. The first kappa shape index (κ1) is 12.0. The van der Waals surface area contributed by atoms with Crippen molar-refractivity contribution in [2.24, 2.45) is 0 Å². The average molecular weight is 258 g/mol. The van der Waals surface area contributed by atoms with Gasteiger partial charge in [-0.05, 0) is 43.2 Å². The van der Waals surface area contributed by atoms with Crippen LogP contribution in [0.15, 0.2) is 28.9 Å². The molecule has 0 aliphatic carbocycles. The Bertz CT molecular complexity index is 679. The zero-order chi connectivity index (χ0) is 13.6. The summed E-state index contributed by atoms with van der Waals surface area (Å²) in [6, 6.07) is 3.60. The average Bonchev–Trinajstić information content (AvgIpc) is 2.64. The van der Waals surface area contributed by atoms with Crippen LogP contribution in [0.2, 0.25) is 0 Å². The van der Waals surface area contributed by atoms with Gasteiger partial charge in [0.2, 0.25) is 0 Å². The van der Waals surface area contributed by atoms with Gasteiger partial charge < -0.3 is 14.3 Å². The van der Waals surface area contributed by atoms with E-state index in [1.54, 1.807) is 31.4 Å². The lowest BCUT2D eigenvalue weighted by Crippen LogP contribution is -2.26. The number of esters is 1. The smallest absolute Gasteiger partial charge is 0.339 e. The van der Waals surface area contributed by atoms with E-state index in [4.69, 9.17) is 9.15 Å². The summed E-state index contributed by atoms with van der Waals surface area (Å²) in [5.74, 6) is -0.423. The molecule has 0 radical (unpaired) electrons. The van der Waals surface area contributed by atoms with Gasteiger partial charge in [-0.15, -0.1) is 0 Å². The molecule has 4 nitrogen and oxygen atoms in total. The van der Waals surface area contributed by atoms with Crippen LogP contribution in [0.3, 0.4) is 0 Å². The highest BCUT2D eigenvalue weighted by molar-refractivity contribution is 6.00. The van der Waals surface area contributed by atoms with E-state index in [0.717, 1.165) is 22.1 Å². The summed E-state index contributed by atoms with van der Waals surface area (Å²) in [7, 11) is 0. The van der Waals surface area contributed by atoms with E-state index in [0.29, 0.717) is 5.56 Å². The number of fused-ring (bicyclic) bond motifs is 2. The number of aryl methyl sites for hydroxylation is 1. The van der Waals surface area contributed by atoms with Crippen LogP contribution < -0.4 is 0 Å². The van der Waals surface area contributed by atoms with E-state index in [-0.39, 0.29) is 0 Å². The molecule has 4 heteroatoms. The summed E-state index contributed by atoms with van der Waals surface area (Å²) < 4.78 is 10.7. The highest BCUT2D eigenvalue weighted by Gasteiger charge is 2.24. The number of benzene rings is 1. The number of hydrogen-bond acceptors (Lipinski definition) is 4. The van der Waals surface area contributed by atoms with Crippen molar-refractivity contribution in [2.75, 3.05) is 0 Å². The number of ether oxygens (including phenoxy) is 1. The Labute approximate surface area is 110 Å². The van der Waals surface area contributed by atoms with Gasteiger partial charge in [0.1, 0.15) is 11.7 Å². The number of furan rings is 1. The molecule has 2 aromatic rings. The van der Waals surface area contributed by atoms with Gasteiger partial charge in [0.15, 0.2) is 0 Å². The summed E-state index contributed by atoms with van der Waals surface area (Å²) in [6.07, 6.45) is 3.79. The van der Waals surface area contributed by atoms with Gasteiger partial charge in [0.25, 0.3) is 0 Å². The van der Waals surface area contributed by atoms with Gasteiger partial charge in [0.05, 0.1) is 17.9 Å². The lowest BCUT2D eigenvalue weighted by Gasteiger charge is -2.15. The maximum Gasteiger partial charge on any atom is 0.339 e. The molecule has 0 spiro atoms. The summed E-state index contributed by atoms with van der Waals surface area (Å²) in [6.45, 7) is 3.52. The van der Waals surface area contributed by atoms with Gasteiger partial charge in [-0.1, -0.05) is 6.08 Å². The van der Waals surface area contributed by atoms with Crippen LogP contribution in [0.25, 0.3) is 17.0 Å². The van der Waals surface area contributed by atoms with Gasteiger partial charge >= 0.3 is 5.97 Å². The molecule has 3 rings (SSSR count). The van der Waals surface area contributed by atoms with Crippen LogP contribution in [0.1, 0.15) is 28.4 Å². The van der Waals surface area contributed by atoms with Crippen LogP contribution in [-0.4, -0.2) is 23.3 Å². The molecule has 1 aromatic heterocycles. The molecule has 0 bridgehead atoms. The lowest BCUT2D eigenvalue weighted by molar-refractivity contribution is 0.00647. The molecule has 1 N–H and O–H groups in total. The highest BCUT2D eigenvalue weighted by Crippen LogP contribution is 2.28. The van der Waals surface area contributed by atoms with E-state index in [9.17, 15) is 9.90 Å². The normalized spacial score (nSPS) is 19.9. The molecule has 0 fully saturated rings. The van der Waals surface area contributed by atoms with Crippen LogP contribution >= 0.6 is 0 Å². The van der Waals surface area contributed by atoms with Crippen LogP contribution in [0.4, 0.5) is 0 Å². The van der Waals surface area contributed by atoms with E-state index in [1.165, 1.54) is 0 Å². The second kappa shape index (κ2) is 4.24. The third kappa shape index (κ3) is 1.94. The van der Waals surface area contributed by atoms with Crippen LogP contribution in [0.5, 0.6) is 0 Å². The standard InChI is InChI=1S/C15H14O4/c1-8-7-18-14-5-10-3-4-13(9(2)16)19-15(17)12(10)6-11(8)14/h3-7,9,13,16H,1-2H3/t9-,13+/m0/s1. The van der Waals surface area contributed by atoms with Crippen molar-refractivity contribution in [1.29, 1.82) is 0 Å². The molecule has 0 saturated carbocycles. The molecule has 2 heterocycles.